The molecule has 31 heavy (non-hydrogen) atoms. The molecule has 2 heteroatoms. The predicted octanol–water partition coefficient (Wildman–Crippen LogP) is 8.52. The van der Waals surface area contributed by atoms with Crippen LogP contribution in [0.3, 0.4) is 0 Å². The second-order valence-electron chi connectivity index (χ2n) is 10.5. The molecule has 0 spiro atoms. The highest BCUT2D eigenvalue weighted by Gasteiger charge is 2.30. The normalized spacial score (nSPS) is 26.5. The van der Waals surface area contributed by atoms with Crippen LogP contribution in [0.2, 0.25) is 0 Å². The topological polar surface area (TPSA) is 26.3 Å². The molecule has 2 fully saturated rings. The molecule has 2 aliphatic rings. The van der Waals surface area contributed by atoms with Crippen LogP contribution in [0.1, 0.15) is 116 Å². The van der Waals surface area contributed by atoms with E-state index in [1.165, 1.54) is 109 Å². The molecule has 0 aromatic heterocycles. The Morgan fingerprint density at radius 1 is 0.774 bits per heavy atom. The van der Waals surface area contributed by atoms with E-state index in [0.717, 1.165) is 30.1 Å². The minimum absolute atomic E-state index is 0.250. The first-order chi connectivity index (χ1) is 15.1. The minimum Gasteiger partial charge on any atom is -0.427 e. The summed E-state index contributed by atoms with van der Waals surface area (Å²) in [5.74, 6) is 4.41. The fraction of sp³-hybridized carbons (Fsp3) is 0.759. The monoisotopic (exact) mass is 426 g/mol. The van der Waals surface area contributed by atoms with Crippen molar-refractivity contribution in [3.05, 3.63) is 29.8 Å². The first kappa shape index (κ1) is 24.3. The van der Waals surface area contributed by atoms with E-state index in [4.69, 9.17) is 4.74 Å². The van der Waals surface area contributed by atoms with Gasteiger partial charge in [0, 0.05) is 6.92 Å². The van der Waals surface area contributed by atoms with Crippen molar-refractivity contribution in [1.29, 1.82) is 0 Å². The molecule has 2 saturated carbocycles. The van der Waals surface area contributed by atoms with Crippen LogP contribution in [0.25, 0.3) is 0 Å². The molecule has 3 rings (SSSR count). The number of aryl methyl sites for hydroxylation is 1. The Hall–Kier alpha value is -1.31. The summed E-state index contributed by atoms with van der Waals surface area (Å²) in [5, 5.41) is 0. The summed E-state index contributed by atoms with van der Waals surface area (Å²) in [4.78, 5) is 11.0. The third-order valence-corrected chi connectivity index (χ3v) is 8.19. The van der Waals surface area contributed by atoms with Crippen molar-refractivity contribution in [2.75, 3.05) is 0 Å². The van der Waals surface area contributed by atoms with Gasteiger partial charge < -0.3 is 4.74 Å². The number of unbranched alkanes of at least 4 members (excludes halogenated alkanes) is 4. The zero-order valence-corrected chi connectivity index (χ0v) is 20.2. The van der Waals surface area contributed by atoms with Gasteiger partial charge in [0.1, 0.15) is 5.75 Å². The number of carbonyl (C=O) groups excluding carboxylic acids is 1. The van der Waals surface area contributed by atoms with Gasteiger partial charge in [-0.1, -0.05) is 83.3 Å². The van der Waals surface area contributed by atoms with E-state index in [2.05, 4.69) is 19.1 Å². The molecule has 1 aromatic carbocycles. The standard InChI is InChI=1S/C29H46O2/c1-3-4-5-6-7-8-24-11-17-27(18-12-24)28-19-13-25(14-20-28)9-10-26-15-21-29(22-16-26)31-23(2)30/h15-16,21-22,24-25,27-28H,3-14,17-20H2,1-2H3. The third kappa shape index (κ3) is 8.62. The molecule has 174 valence electrons. The van der Waals surface area contributed by atoms with Crippen LogP contribution >= 0.6 is 0 Å². The van der Waals surface area contributed by atoms with Crippen LogP contribution in [0.15, 0.2) is 24.3 Å². The molecule has 2 nitrogen and oxygen atoms in total. The van der Waals surface area contributed by atoms with E-state index in [9.17, 15) is 4.79 Å². The summed E-state index contributed by atoms with van der Waals surface area (Å²) in [7, 11) is 0. The van der Waals surface area contributed by atoms with Crippen molar-refractivity contribution >= 4 is 5.97 Å². The molecule has 0 aliphatic heterocycles. The zero-order valence-electron chi connectivity index (χ0n) is 20.2. The summed E-state index contributed by atoms with van der Waals surface area (Å²) in [6.45, 7) is 3.76. The second kappa shape index (κ2) is 13.3. The fourth-order valence-corrected chi connectivity index (χ4v) is 6.19. The Labute approximate surface area is 191 Å². The van der Waals surface area contributed by atoms with Gasteiger partial charge in [0.15, 0.2) is 0 Å². The Balaban J connectivity index is 1.28. The molecule has 2 aliphatic carbocycles. The smallest absolute Gasteiger partial charge is 0.308 e. The van der Waals surface area contributed by atoms with Gasteiger partial charge >= 0.3 is 5.97 Å². The van der Waals surface area contributed by atoms with Gasteiger partial charge in [0.05, 0.1) is 0 Å². The molecule has 0 radical (unpaired) electrons. The van der Waals surface area contributed by atoms with Crippen LogP contribution in [-0.4, -0.2) is 5.97 Å². The lowest BCUT2D eigenvalue weighted by Crippen LogP contribution is -2.26. The average molecular weight is 427 g/mol. The molecule has 0 unspecified atom stereocenters. The lowest BCUT2D eigenvalue weighted by Gasteiger charge is -2.38. The largest absolute Gasteiger partial charge is 0.427 e. The molecule has 0 heterocycles. The van der Waals surface area contributed by atoms with Crippen molar-refractivity contribution in [2.24, 2.45) is 23.7 Å². The third-order valence-electron chi connectivity index (χ3n) is 8.19. The Bertz CT molecular complexity index is 619. The number of benzene rings is 1. The van der Waals surface area contributed by atoms with Crippen molar-refractivity contribution in [3.63, 3.8) is 0 Å². The molecule has 0 saturated heterocycles. The molecule has 0 N–H and O–H groups in total. The molecule has 0 amide bonds. The van der Waals surface area contributed by atoms with Crippen LogP contribution in [0, 0.1) is 23.7 Å². The van der Waals surface area contributed by atoms with Gasteiger partial charge in [-0.2, -0.15) is 0 Å². The number of hydrogen-bond donors (Lipinski definition) is 0. The zero-order chi connectivity index (χ0) is 21.9. The Morgan fingerprint density at radius 3 is 1.87 bits per heavy atom. The molecule has 0 bridgehead atoms. The number of rotatable bonds is 11. The van der Waals surface area contributed by atoms with E-state index in [1.807, 2.05) is 12.1 Å². The summed E-state index contributed by atoms with van der Waals surface area (Å²) in [6.07, 6.45) is 23.0. The van der Waals surface area contributed by atoms with Crippen LogP contribution in [0.5, 0.6) is 5.75 Å². The van der Waals surface area contributed by atoms with E-state index in [1.54, 1.807) is 0 Å². The van der Waals surface area contributed by atoms with E-state index < -0.39 is 0 Å². The van der Waals surface area contributed by atoms with Crippen LogP contribution < -0.4 is 4.74 Å². The summed E-state index contributed by atoms with van der Waals surface area (Å²) in [6, 6.07) is 8.09. The van der Waals surface area contributed by atoms with Crippen molar-refractivity contribution in [1.82, 2.24) is 0 Å². The lowest BCUT2D eigenvalue weighted by atomic mass is 9.68. The highest BCUT2D eigenvalue weighted by Crippen LogP contribution is 2.43. The predicted molar refractivity (Wildman–Crippen MR) is 130 cm³/mol. The lowest BCUT2D eigenvalue weighted by molar-refractivity contribution is -0.131. The maximum absolute atomic E-state index is 11.0. The fourth-order valence-electron chi connectivity index (χ4n) is 6.19. The quantitative estimate of drug-likeness (QED) is 0.201. The Kier molecular flexibility index (Phi) is 10.4. The van der Waals surface area contributed by atoms with Gasteiger partial charge in [-0.3, -0.25) is 4.79 Å². The maximum atomic E-state index is 11.0. The van der Waals surface area contributed by atoms with Crippen molar-refractivity contribution in [3.8, 4) is 5.75 Å². The second-order valence-corrected chi connectivity index (χ2v) is 10.5. The van der Waals surface area contributed by atoms with Crippen LogP contribution in [0.4, 0.5) is 0 Å². The van der Waals surface area contributed by atoms with Gasteiger partial charge in [0.2, 0.25) is 0 Å². The van der Waals surface area contributed by atoms with Crippen molar-refractivity contribution < 1.29 is 9.53 Å². The summed E-state index contributed by atoms with van der Waals surface area (Å²) in [5.41, 5.74) is 1.37. The first-order valence-electron chi connectivity index (χ1n) is 13.4. The van der Waals surface area contributed by atoms with Crippen LogP contribution in [-0.2, 0) is 11.2 Å². The van der Waals surface area contributed by atoms with E-state index in [0.29, 0.717) is 5.75 Å². The average Bonchev–Trinajstić information content (AvgIpc) is 2.79. The van der Waals surface area contributed by atoms with Gasteiger partial charge in [-0.15, -0.1) is 0 Å². The highest BCUT2D eigenvalue weighted by atomic mass is 16.5. The highest BCUT2D eigenvalue weighted by molar-refractivity contribution is 5.69. The number of ether oxygens (including phenoxy) is 1. The van der Waals surface area contributed by atoms with E-state index in [-0.39, 0.29) is 5.97 Å². The van der Waals surface area contributed by atoms with Gasteiger partial charge in [-0.05, 0) is 79.9 Å². The first-order valence-corrected chi connectivity index (χ1v) is 13.4. The molecule has 0 atom stereocenters. The van der Waals surface area contributed by atoms with Gasteiger partial charge in [0.25, 0.3) is 0 Å². The van der Waals surface area contributed by atoms with Gasteiger partial charge in [-0.25, -0.2) is 0 Å². The summed E-state index contributed by atoms with van der Waals surface area (Å²) >= 11 is 0. The summed E-state index contributed by atoms with van der Waals surface area (Å²) < 4.78 is 5.13. The minimum atomic E-state index is -0.250. The van der Waals surface area contributed by atoms with E-state index >= 15 is 0 Å². The molecule has 1 aromatic rings. The van der Waals surface area contributed by atoms with Crippen molar-refractivity contribution in [2.45, 2.75) is 117 Å². The molecular weight excluding hydrogens is 380 g/mol. The molecular formula is C29H46O2. The Morgan fingerprint density at radius 2 is 1.32 bits per heavy atom. The SMILES string of the molecule is CCCCCCCC1CCC(C2CCC(CCc3ccc(OC(C)=O)cc3)CC2)CC1. The number of esters is 1. The number of carbonyl (C=O) groups is 1. The number of hydrogen-bond acceptors (Lipinski definition) is 2. The maximum Gasteiger partial charge on any atom is 0.308 e.